The van der Waals surface area contributed by atoms with E-state index in [2.05, 4.69) is 4.90 Å². The van der Waals surface area contributed by atoms with Crippen LogP contribution in [0.2, 0.25) is 0 Å². The van der Waals surface area contributed by atoms with Gasteiger partial charge in [0, 0.05) is 18.7 Å². The molecule has 0 spiro atoms. The van der Waals surface area contributed by atoms with E-state index in [9.17, 15) is 4.79 Å². The van der Waals surface area contributed by atoms with E-state index in [-0.39, 0.29) is 5.91 Å². The molecule has 0 aliphatic carbocycles. The molecule has 1 amide bonds. The van der Waals surface area contributed by atoms with Crippen molar-refractivity contribution in [2.75, 3.05) is 26.2 Å². The van der Waals surface area contributed by atoms with Crippen molar-refractivity contribution in [3.05, 3.63) is 29.8 Å². The Morgan fingerprint density at radius 3 is 2.86 bits per heavy atom. The number of hydrogen-bond acceptors (Lipinski definition) is 4. The third-order valence-corrected chi connectivity index (χ3v) is 4.18. The van der Waals surface area contributed by atoms with Gasteiger partial charge in [0.2, 0.25) is 5.91 Å². The van der Waals surface area contributed by atoms with Gasteiger partial charge >= 0.3 is 0 Å². The van der Waals surface area contributed by atoms with Crippen molar-refractivity contribution in [3.63, 3.8) is 0 Å². The van der Waals surface area contributed by atoms with Gasteiger partial charge in [0.25, 0.3) is 0 Å². The lowest BCUT2D eigenvalue weighted by Gasteiger charge is -2.21. The van der Waals surface area contributed by atoms with Crippen molar-refractivity contribution in [3.8, 4) is 5.75 Å². The van der Waals surface area contributed by atoms with Crippen molar-refractivity contribution in [2.24, 2.45) is 16.9 Å². The minimum absolute atomic E-state index is 0.227. The number of rotatable bonds is 6. The maximum Gasteiger partial charge on any atom is 0.224 e. The summed E-state index contributed by atoms with van der Waals surface area (Å²) >= 11 is 4.94. The molecule has 0 bridgehead atoms. The zero-order valence-corrected chi connectivity index (χ0v) is 13.0. The van der Waals surface area contributed by atoms with Gasteiger partial charge in [-0.05, 0) is 32.0 Å². The standard InChI is InChI=1S/C15H21N3O2S/c1-15(14(17)19)5-6-18(10-15)7-8-20-12-4-2-3-11(9-12)13(16)21/h2-4,9H,5-8,10H2,1H3,(H2,16,21)(H2,17,19). The molecule has 1 saturated heterocycles. The van der Waals surface area contributed by atoms with Crippen LogP contribution in [-0.4, -0.2) is 42.0 Å². The third-order valence-electron chi connectivity index (χ3n) is 3.94. The van der Waals surface area contributed by atoms with Crippen LogP contribution >= 0.6 is 12.2 Å². The second kappa shape index (κ2) is 6.41. The fraction of sp³-hybridized carbons (Fsp3) is 0.467. The number of hydrogen-bond donors (Lipinski definition) is 2. The minimum atomic E-state index is -0.411. The second-order valence-electron chi connectivity index (χ2n) is 5.69. The van der Waals surface area contributed by atoms with E-state index in [1.807, 2.05) is 31.2 Å². The Morgan fingerprint density at radius 2 is 2.24 bits per heavy atom. The predicted octanol–water partition coefficient (Wildman–Crippen LogP) is 0.897. The zero-order chi connectivity index (χ0) is 15.5. The van der Waals surface area contributed by atoms with Crippen LogP contribution in [0, 0.1) is 5.41 Å². The molecule has 4 N–H and O–H groups in total. The predicted molar refractivity (Wildman–Crippen MR) is 86.2 cm³/mol. The molecule has 21 heavy (non-hydrogen) atoms. The van der Waals surface area contributed by atoms with Gasteiger partial charge in [-0.1, -0.05) is 24.4 Å². The summed E-state index contributed by atoms with van der Waals surface area (Å²) in [4.78, 5) is 14.0. The number of amides is 1. The number of nitrogens with two attached hydrogens (primary N) is 2. The Morgan fingerprint density at radius 1 is 1.48 bits per heavy atom. The highest BCUT2D eigenvalue weighted by Crippen LogP contribution is 2.29. The molecule has 1 fully saturated rings. The van der Waals surface area contributed by atoms with Gasteiger partial charge < -0.3 is 16.2 Å². The number of carbonyl (C=O) groups excluding carboxylic acids is 1. The second-order valence-corrected chi connectivity index (χ2v) is 6.13. The number of thiocarbonyl (C=S) groups is 1. The van der Waals surface area contributed by atoms with Crippen LogP contribution in [-0.2, 0) is 4.79 Å². The lowest BCUT2D eigenvalue weighted by molar-refractivity contribution is -0.126. The Labute approximate surface area is 130 Å². The first-order valence-corrected chi connectivity index (χ1v) is 7.36. The van der Waals surface area contributed by atoms with Gasteiger partial charge in [-0.2, -0.15) is 0 Å². The molecule has 6 heteroatoms. The summed E-state index contributed by atoms with van der Waals surface area (Å²) in [7, 11) is 0. The van der Waals surface area contributed by atoms with E-state index < -0.39 is 5.41 Å². The van der Waals surface area contributed by atoms with Crippen molar-refractivity contribution in [1.29, 1.82) is 0 Å². The molecule has 1 aromatic rings. The molecule has 114 valence electrons. The Bertz CT molecular complexity index is 549. The molecule has 1 heterocycles. The topological polar surface area (TPSA) is 81.6 Å². The molecule has 0 radical (unpaired) electrons. The highest BCUT2D eigenvalue weighted by molar-refractivity contribution is 7.80. The van der Waals surface area contributed by atoms with Gasteiger partial charge in [-0.15, -0.1) is 0 Å². The normalized spacial score (nSPS) is 22.1. The fourth-order valence-corrected chi connectivity index (χ4v) is 2.61. The van der Waals surface area contributed by atoms with Crippen LogP contribution in [0.1, 0.15) is 18.9 Å². The van der Waals surface area contributed by atoms with Crippen LogP contribution in [0.3, 0.4) is 0 Å². The highest BCUT2D eigenvalue weighted by atomic mass is 32.1. The number of primary amides is 1. The summed E-state index contributed by atoms with van der Waals surface area (Å²) < 4.78 is 5.71. The van der Waals surface area contributed by atoms with Gasteiger partial charge in [0.1, 0.15) is 17.3 Å². The highest BCUT2D eigenvalue weighted by Gasteiger charge is 2.38. The molecule has 1 aliphatic heterocycles. The van der Waals surface area contributed by atoms with Gasteiger partial charge in [0.15, 0.2) is 0 Å². The Kier molecular flexibility index (Phi) is 4.80. The summed E-state index contributed by atoms with van der Waals surface area (Å²) in [6.45, 7) is 4.80. The number of nitrogens with zero attached hydrogens (tertiary/aromatic N) is 1. The SMILES string of the molecule is CC1(C(N)=O)CCN(CCOc2cccc(C(N)=S)c2)C1. The summed E-state index contributed by atoms with van der Waals surface area (Å²) in [5.74, 6) is 0.521. The van der Waals surface area contributed by atoms with Gasteiger partial charge in [-0.25, -0.2) is 0 Å². The smallest absolute Gasteiger partial charge is 0.224 e. The first-order chi connectivity index (χ1) is 9.90. The molecule has 1 aromatic carbocycles. The van der Waals surface area contributed by atoms with Crippen molar-refractivity contribution in [1.82, 2.24) is 4.90 Å². The van der Waals surface area contributed by atoms with Gasteiger partial charge in [0.05, 0.1) is 5.41 Å². The van der Waals surface area contributed by atoms with Crippen molar-refractivity contribution >= 4 is 23.1 Å². The summed E-state index contributed by atoms with van der Waals surface area (Å²) in [5.41, 5.74) is 11.4. The molecule has 0 saturated carbocycles. The number of ether oxygens (including phenoxy) is 1. The average Bonchev–Trinajstić information content (AvgIpc) is 2.82. The Hall–Kier alpha value is -1.66. The van der Waals surface area contributed by atoms with Crippen molar-refractivity contribution in [2.45, 2.75) is 13.3 Å². The summed E-state index contributed by atoms with van der Waals surface area (Å²) in [6, 6.07) is 7.43. The number of benzene rings is 1. The molecule has 5 nitrogen and oxygen atoms in total. The van der Waals surface area contributed by atoms with E-state index in [1.54, 1.807) is 0 Å². The first-order valence-electron chi connectivity index (χ1n) is 6.96. The van der Waals surface area contributed by atoms with E-state index >= 15 is 0 Å². The van der Waals surface area contributed by atoms with Crippen LogP contribution in [0.5, 0.6) is 5.75 Å². The molecular formula is C15H21N3O2S. The maximum absolute atomic E-state index is 11.4. The lowest BCUT2D eigenvalue weighted by atomic mass is 9.89. The van der Waals surface area contributed by atoms with Crippen LogP contribution in [0.25, 0.3) is 0 Å². The minimum Gasteiger partial charge on any atom is -0.492 e. The maximum atomic E-state index is 11.4. The number of carbonyl (C=O) groups is 1. The quantitative estimate of drug-likeness (QED) is 0.763. The van der Waals surface area contributed by atoms with E-state index in [1.165, 1.54) is 0 Å². The summed E-state index contributed by atoms with van der Waals surface area (Å²) in [5, 5.41) is 0. The van der Waals surface area contributed by atoms with E-state index in [0.717, 1.165) is 30.8 Å². The van der Waals surface area contributed by atoms with Crippen LogP contribution < -0.4 is 16.2 Å². The molecule has 1 atom stereocenters. The Balaban J connectivity index is 1.82. The molecule has 2 rings (SSSR count). The largest absolute Gasteiger partial charge is 0.492 e. The van der Waals surface area contributed by atoms with E-state index in [4.69, 9.17) is 28.4 Å². The van der Waals surface area contributed by atoms with Crippen LogP contribution in [0.15, 0.2) is 24.3 Å². The molecule has 0 aromatic heterocycles. The zero-order valence-electron chi connectivity index (χ0n) is 12.2. The molecule has 1 aliphatic rings. The summed E-state index contributed by atoms with van der Waals surface area (Å²) in [6.07, 6.45) is 0.805. The van der Waals surface area contributed by atoms with Gasteiger partial charge in [-0.3, -0.25) is 9.69 Å². The molecular weight excluding hydrogens is 286 g/mol. The fourth-order valence-electron chi connectivity index (χ4n) is 2.48. The van der Waals surface area contributed by atoms with E-state index in [0.29, 0.717) is 18.1 Å². The molecule has 1 unspecified atom stereocenters. The first kappa shape index (κ1) is 15.7. The monoisotopic (exact) mass is 307 g/mol. The number of likely N-dealkylation sites (tertiary alicyclic amines) is 1. The average molecular weight is 307 g/mol. The third kappa shape index (κ3) is 3.92. The lowest BCUT2D eigenvalue weighted by Crippen LogP contribution is -2.37. The van der Waals surface area contributed by atoms with Crippen LogP contribution in [0.4, 0.5) is 0 Å². The van der Waals surface area contributed by atoms with Crippen molar-refractivity contribution < 1.29 is 9.53 Å².